The monoisotopic (exact) mass is 678 g/mol. The number of fused-ring (bicyclic) bond motifs is 1. The normalized spacial score (nSPS) is 28.5. The van der Waals surface area contributed by atoms with Gasteiger partial charge in [-0.25, -0.2) is 0 Å². The lowest BCUT2D eigenvalue weighted by atomic mass is 9.84. The van der Waals surface area contributed by atoms with E-state index in [1.807, 2.05) is 6.07 Å². The average Bonchev–Trinajstić information content (AvgIpc) is 3.66. The summed E-state index contributed by atoms with van der Waals surface area (Å²) < 4.78 is 31.9. The minimum absolute atomic E-state index is 0.0650. The first kappa shape index (κ1) is 38.3. The Kier molecular flexibility index (Phi) is 16.2. The Morgan fingerprint density at radius 2 is 1.65 bits per heavy atom. The maximum atomic E-state index is 10.6. The van der Waals surface area contributed by atoms with Crippen LogP contribution in [0.2, 0.25) is 0 Å². The van der Waals surface area contributed by atoms with Crippen LogP contribution in [0.4, 0.5) is 0 Å². The van der Waals surface area contributed by atoms with Gasteiger partial charge in [0, 0.05) is 38.1 Å². The molecule has 0 amide bonds. The van der Waals surface area contributed by atoms with Crippen LogP contribution in [0.25, 0.3) is 0 Å². The van der Waals surface area contributed by atoms with Crippen molar-refractivity contribution in [1.82, 2.24) is 0 Å². The Bertz CT molecular complexity index is 1160. The molecule has 1 saturated carbocycles. The van der Waals surface area contributed by atoms with Crippen LogP contribution in [0.3, 0.4) is 0 Å². The number of hydrogen-bond donors (Lipinski definition) is 1. The number of allylic oxidation sites excluding steroid dienone is 4. The zero-order valence-corrected chi connectivity index (χ0v) is 30.9. The van der Waals surface area contributed by atoms with Crippen LogP contribution in [0.1, 0.15) is 123 Å². The van der Waals surface area contributed by atoms with Crippen LogP contribution in [-0.2, 0) is 30.3 Å². The predicted octanol–water partition coefficient (Wildman–Crippen LogP) is 10.1. The van der Waals surface area contributed by atoms with E-state index in [1.165, 1.54) is 23.1 Å². The summed E-state index contributed by atoms with van der Waals surface area (Å²) in [5.41, 5.74) is 4.05. The van der Waals surface area contributed by atoms with Crippen LogP contribution >= 0.6 is 0 Å². The summed E-state index contributed by atoms with van der Waals surface area (Å²) in [4.78, 5) is 0. The average molecular weight is 679 g/mol. The van der Waals surface area contributed by atoms with Crippen molar-refractivity contribution >= 4 is 0 Å². The fraction of sp³-hybridized carbons (Fsp3) is 0.721. The van der Waals surface area contributed by atoms with Crippen molar-refractivity contribution in [3.05, 3.63) is 71.0 Å². The van der Waals surface area contributed by atoms with Gasteiger partial charge in [-0.05, 0) is 127 Å². The number of hydrogen-bond acceptors (Lipinski definition) is 6. The zero-order chi connectivity index (χ0) is 34.3. The molecule has 3 fully saturated rings. The Hall–Kier alpha value is -1.96. The number of unbranched alkanes of at least 4 members (excludes halogenated alkanes) is 1. The summed E-state index contributed by atoms with van der Waals surface area (Å²) >= 11 is 0. The molecule has 2 saturated heterocycles. The zero-order valence-electron chi connectivity index (χ0n) is 30.9. The van der Waals surface area contributed by atoms with Crippen LogP contribution < -0.4 is 0 Å². The standard InChI is InChI=1S/C43H66O6/c1-32(2)15-13-16-33(3)17-14-21-39(48-41-22-8-11-25-46-41)43-38-28-36(27-37(38)29-40(43)49-42-23-9-12-26-47-42)35(30-44)20-7-10-24-45-31-34-18-5-4-6-19-34/h4-6,15,18-19,21,27,33,35,37-38,40-44H,7-14,16-17,20,22-26,28-31H2,1-3H3/t33-,35?,37?,38?,40+,41?,42?,43-/m1/s1. The molecule has 2 aliphatic carbocycles. The fourth-order valence-electron chi connectivity index (χ4n) is 8.35. The third-order valence-electron chi connectivity index (χ3n) is 11.2. The van der Waals surface area contributed by atoms with Gasteiger partial charge in [-0.15, -0.1) is 0 Å². The number of benzene rings is 1. The summed E-state index contributed by atoms with van der Waals surface area (Å²) in [5.74, 6) is 2.96. The van der Waals surface area contributed by atoms with Crippen molar-refractivity contribution in [2.45, 2.75) is 142 Å². The Labute approximate surface area is 297 Å². The molecule has 6 heteroatoms. The third-order valence-corrected chi connectivity index (χ3v) is 11.2. The molecule has 5 rings (SSSR count). The van der Waals surface area contributed by atoms with Gasteiger partial charge in [0.15, 0.2) is 12.6 Å². The first-order valence-electron chi connectivity index (χ1n) is 19.8. The molecule has 2 heterocycles. The van der Waals surface area contributed by atoms with E-state index in [1.54, 1.807) is 0 Å². The second kappa shape index (κ2) is 20.8. The lowest BCUT2D eigenvalue weighted by Crippen LogP contribution is -2.34. The van der Waals surface area contributed by atoms with Crippen molar-refractivity contribution in [2.75, 3.05) is 26.4 Å². The molecule has 1 N–H and O–H groups in total. The summed E-state index contributed by atoms with van der Waals surface area (Å²) in [6.07, 6.45) is 23.0. The van der Waals surface area contributed by atoms with Gasteiger partial charge in [-0.1, -0.05) is 67.0 Å². The Morgan fingerprint density at radius 3 is 2.35 bits per heavy atom. The highest BCUT2D eigenvalue weighted by atomic mass is 16.7. The van der Waals surface area contributed by atoms with E-state index < -0.39 is 0 Å². The molecule has 8 atom stereocenters. The number of ether oxygens (including phenoxy) is 5. The second-order valence-corrected chi connectivity index (χ2v) is 15.5. The summed E-state index contributed by atoms with van der Waals surface area (Å²) in [7, 11) is 0. The molecule has 0 radical (unpaired) electrons. The van der Waals surface area contributed by atoms with E-state index in [0.29, 0.717) is 24.4 Å². The minimum Gasteiger partial charge on any atom is -0.469 e. The van der Waals surface area contributed by atoms with Crippen LogP contribution in [0.15, 0.2) is 65.5 Å². The maximum absolute atomic E-state index is 10.6. The lowest BCUT2D eigenvalue weighted by molar-refractivity contribution is -0.201. The van der Waals surface area contributed by atoms with Gasteiger partial charge < -0.3 is 28.8 Å². The third kappa shape index (κ3) is 12.3. The molecule has 49 heavy (non-hydrogen) atoms. The largest absolute Gasteiger partial charge is 0.469 e. The number of rotatable bonds is 20. The van der Waals surface area contributed by atoms with E-state index in [9.17, 15) is 5.11 Å². The summed E-state index contributed by atoms with van der Waals surface area (Å²) in [5, 5.41) is 10.6. The first-order valence-corrected chi connectivity index (χ1v) is 19.8. The van der Waals surface area contributed by atoms with Crippen LogP contribution in [0.5, 0.6) is 0 Å². The summed E-state index contributed by atoms with van der Waals surface area (Å²) in [6, 6.07) is 10.4. The molecule has 274 valence electrons. The highest BCUT2D eigenvalue weighted by Gasteiger charge is 2.50. The highest BCUT2D eigenvalue weighted by Crippen LogP contribution is 2.53. The van der Waals surface area contributed by atoms with Gasteiger partial charge in [0.25, 0.3) is 0 Å². The van der Waals surface area contributed by atoms with Gasteiger partial charge in [-0.2, -0.15) is 0 Å². The van der Waals surface area contributed by atoms with E-state index in [0.717, 1.165) is 115 Å². The van der Waals surface area contributed by atoms with E-state index in [2.05, 4.69) is 63.3 Å². The number of aliphatic hydroxyl groups is 1. The van der Waals surface area contributed by atoms with Crippen molar-refractivity contribution in [3.8, 4) is 0 Å². The van der Waals surface area contributed by atoms with Crippen LogP contribution in [-0.4, -0.2) is 50.2 Å². The molecule has 0 aromatic heterocycles. The van der Waals surface area contributed by atoms with Gasteiger partial charge in [0.1, 0.15) is 5.76 Å². The molecule has 6 nitrogen and oxygen atoms in total. The Balaban J connectivity index is 1.24. The molecule has 5 unspecified atom stereocenters. The minimum atomic E-state index is -0.177. The van der Waals surface area contributed by atoms with Crippen molar-refractivity contribution < 1.29 is 28.8 Å². The maximum Gasteiger partial charge on any atom is 0.199 e. The topological polar surface area (TPSA) is 66.4 Å². The predicted molar refractivity (Wildman–Crippen MR) is 197 cm³/mol. The second-order valence-electron chi connectivity index (χ2n) is 15.5. The van der Waals surface area contributed by atoms with Crippen LogP contribution in [0, 0.1) is 29.6 Å². The first-order chi connectivity index (χ1) is 24.0. The van der Waals surface area contributed by atoms with Gasteiger partial charge in [0.2, 0.25) is 0 Å². The summed E-state index contributed by atoms with van der Waals surface area (Å²) in [6.45, 7) is 9.93. The molecule has 1 aromatic carbocycles. The fourth-order valence-corrected chi connectivity index (χ4v) is 8.35. The molecule has 2 aliphatic heterocycles. The number of aliphatic hydroxyl groups excluding tert-OH is 1. The molecule has 0 bridgehead atoms. The molecular formula is C43H66O6. The lowest BCUT2D eigenvalue weighted by Gasteiger charge is -2.34. The molecule has 4 aliphatic rings. The van der Waals surface area contributed by atoms with E-state index >= 15 is 0 Å². The quantitative estimate of drug-likeness (QED) is 0.0841. The molecular weight excluding hydrogens is 612 g/mol. The molecule has 1 aromatic rings. The van der Waals surface area contributed by atoms with Gasteiger partial charge in [0.05, 0.1) is 19.3 Å². The smallest absolute Gasteiger partial charge is 0.199 e. The highest BCUT2D eigenvalue weighted by molar-refractivity contribution is 5.25. The van der Waals surface area contributed by atoms with Crippen molar-refractivity contribution in [3.63, 3.8) is 0 Å². The Morgan fingerprint density at radius 1 is 0.918 bits per heavy atom. The molecule has 0 spiro atoms. The van der Waals surface area contributed by atoms with Crippen molar-refractivity contribution in [2.24, 2.45) is 29.6 Å². The van der Waals surface area contributed by atoms with Gasteiger partial charge >= 0.3 is 0 Å². The van der Waals surface area contributed by atoms with Gasteiger partial charge in [-0.3, -0.25) is 0 Å². The van der Waals surface area contributed by atoms with E-state index in [4.69, 9.17) is 23.7 Å². The van der Waals surface area contributed by atoms with E-state index in [-0.39, 0.29) is 37.1 Å². The SMILES string of the molecule is CC(C)=CCC[C@@H](C)CCC=C(OC1CCCCO1)[C@H]1C2CC(C(CO)CCCCOCc3ccccc3)=CC2C[C@@H]1OC1CCCCO1. The van der Waals surface area contributed by atoms with Crippen molar-refractivity contribution in [1.29, 1.82) is 0 Å².